The van der Waals surface area contributed by atoms with Crippen LogP contribution in [-0.2, 0) is 0 Å². The predicted molar refractivity (Wildman–Crippen MR) is 47.6 cm³/mol. The molecule has 1 saturated carbocycles. The average Bonchev–Trinajstić information content (AvgIpc) is 2.45. The SMILES string of the molecule is C[C@H](I)NCC1(N)CC1. The van der Waals surface area contributed by atoms with Crippen LogP contribution in [0.2, 0.25) is 0 Å². The van der Waals surface area contributed by atoms with Gasteiger partial charge in [0, 0.05) is 12.1 Å². The summed E-state index contributed by atoms with van der Waals surface area (Å²) in [5, 5.41) is 3.31. The molecule has 0 aromatic rings. The molecule has 0 bridgehead atoms. The standard InChI is InChI=1S/C6H13IN2/c1-5(7)9-4-6(8)2-3-6/h5,9H,2-4,8H2,1H3/t5-/m1/s1. The molecule has 2 nitrogen and oxygen atoms in total. The molecular weight excluding hydrogens is 227 g/mol. The van der Waals surface area contributed by atoms with Crippen molar-refractivity contribution in [3.63, 3.8) is 0 Å². The Labute approximate surface area is 69.7 Å². The van der Waals surface area contributed by atoms with Crippen LogP contribution in [0.4, 0.5) is 0 Å². The summed E-state index contributed by atoms with van der Waals surface area (Å²) in [4.78, 5) is 0. The van der Waals surface area contributed by atoms with Crippen LogP contribution >= 0.6 is 22.6 Å². The fourth-order valence-electron chi connectivity index (χ4n) is 0.681. The largest absolute Gasteiger partial charge is 0.324 e. The summed E-state index contributed by atoms with van der Waals surface area (Å²) in [5.74, 6) is 0. The highest BCUT2D eigenvalue weighted by Crippen LogP contribution is 2.31. The second-order valence-corrected chi connectivity index (χ2v) is 4.73. The lowest BCUT2D eigenvalue weighted by Gasteiger charge is -2.11. The Balaban J connectivity index is 2.05. The van der Waals surface area contributed by atoms with E-state index >= 15 is 0 Å². The van der Waals surface area contributed by atoms with E-state index in [1.807, 2.05) is 0 Å². The molecule has 3 heteroatoms. The zero-order valence-corrected chi connectivity index (χ0v) is 7.81. The van der Waals surface area contributed by atoms with Gasteiger partial charge < -0.3 is 11.1 Å². The van der Waals surface area contributed by atoms with Gasteiger partial charge in [0.05, 0.1) is 4.05 Å². The molecule has 1 aliphatic carbocycles. The van der Waals surface area contributed by atoms with Gasteiger partial charge in [0.1, 0.15) is 0 Å². The molecule has 0 saturated heterocycles. The zero-order valence-electron chi connectivity index (χ0n) is 5.65. The molecule has 54 valence electrons. The van der Waals surface area contributed by atoms with Gasteiger partial charge in [-0.3, -0.25) is 0 Å². The molecule has 0 aromatic carbocycles. The van der Waals surface area contributed by atoms with Crippen LogP contribution in [0.1, 0.15) is 19.8 Å². The maximum Gasteiger partial charge on any atom is 0.0565 e. The molecule has 0 heterocycles. The topological polar surface area (TPSA) is 38.0 Å². The molecule has 0 amide bonds. The van der Waals surface area contributed by atoms with Gasteiger partial charge in [-0.15, -0.1) is 0 Å². The molecule has 9 heavy (non-hydrogen) atoms. The van der Waals surface area contributed by atoms with Crippen molar-refractivity contribution >= 4 is 22.6 Å². The summed E-state index contributed by atoms with van der Waals surface area (Å²) in [6, 6.07) is 0. The van der Waals surface area contributed by atoms with Gasteiger partial charge in [-0.2, -0.15) is 0 Å². The Bertz CT molecular complexity index is 99.2. The van der Waals surface area contributed by atoms with Crippen LogP contribution in [0.5, 0.6) is 0 Å². The molecule has 0 aliphatic heterocycles. The summed E-state index contributed by atoms with van der Waals surface area (Å²) in [6.07, 6.45) is 2.40. The van der Waals surface area contributed by atoms with Crippen molar-refractivity contribution < 1.29 is 0 Å². The second kappa shape index (κ2) is 2.72. The summed E-state index contributed by atoms with van der Waals surface area (Å²) in [6.45, 7) is 3.11. The van der Waals surface area contributed by atoms with Crippen molar-refractivity contribution in [3.8, 4) is 0 Å². The molecule has 1 rings (SSSR count). The minimum atomic E-state index is 0.166. The average molecular weight is 240 g/mol. The molecule has 1 aliphatic rings. The minimum absolute atomic E-state index is 0.166. The van der Waals surface area contributed by atoms with Gasteiger partial charge in [-0.25, -0.2) is 0 Å². The number of hydrogen-bond acceptors (Lipinski definition) is 2. The van der Waals surface area contributed by atoms with Crippen molar-refractivity contribution in [1.29, 1.82) is 0 Å². The normalized spacial score (nSPS) is 25.7. The first-order chi connectivity index (χ1) is 4.12. The maximum atomic E-state index is 5.83. The highest BCUT2D eigenvalue weighted by molar-refractivity contribution is 14.1. The van der Waals surface area contributed by atoms with Crippen LogP contribution in [-0.4, -0.2) is 16.1 Å². The quantitative estimate of drug-likeness (QED) is 0.436. The Hall–Kier alpha value is 0.650. The number of rotatable bonds is 3. The lowest BCUT2D eigenvalue weighted by atomic mass is 10.3. The first kappa shape index (κ1) is 7.75. The van der Waals surface area contributed by atoms with Gasteiger partial charge in [0.25, 0.3) is 0 Å². The molecule has 0 radical (unpaired) electrons. The number of nitrogens with two attached hydrogens (primary N) is 1. The van der Waals surface area contributed by atoms with Gasteiger partial charge in [0.15, 0.2) is 0 Å². The van der Waals surface area contributed by atoms with Crippen LogP contribution in [0.15, 0.2) is 0 Å². The van der Waals surface area contributed by atoms with Crippen LogP contribution in [0.25, 0.3) is 0 Å². The summed E-state index contributed by atoms with van der Waals surface area (Å²) in [5.41, 5.74) is 6.00. The van der Waals surface area contributed by atoms with E-state index in [-0.39, 0.29) is 5.54 Å². The summed E-state index contributed by atoms with van der Waals surface area (Å²) >= 11 is 2.34. The third-order valence-electron chi connectivity index (χ3n) is 1.63. The Morgan fingerprint density at radius 2 is 2.33 bits per heavy atom. The van der Waals surface area contributed by atoms with Crippen molar-refractivity contribution in [2.45, 2.75) is 29.4 Å². The lowest BCUT2D eigenvalue weighted by Crippen LogP contribution is -2.37. The zero-order chi connectivity index (χ0) is 6.91. The summed E-state index contributed by atoms with van der Waals surface area (Å²) < 4.78 is 0.545. The number of nitrogens with one attached hydrogen (secondary N) is 1. The number of halogens is 1. The van der Waals surface area contributed by atoms with E-state index in [1.165, 1.54) is 12.8 Å². The van der Waals surface area contributed by atoms with Gasteiger partial charge in [-0.1, -0.05) is 22.6 Å². The number of hydrogen-bond donors (Lipinski definition) is 2. The van der Waals surface area contributed by atoms with E-state index in [2.05, 4.69) is 34.8 Å². The fraction of sp³-hybridized carbons (Fsp3) is 1.00. The van der Waals surface area contributed by atoms with Crippen LogP contribution in [0, 0.1) is 0 Å². The first-order valence-corrected chi connectivity index (χ1v) is 4.53. The van der Waals surface area contributed by atoms with Crippen molar-refractivity contribution in [3.05, 3.63) is 0 Å². The van der Waals surface area contributed by atoms with Crippen LogP contribution < -0.4 is 11.1 Å². The minimum Gasteiger partial charge on any atom is -0.324 e. The van der Waals surface area contributed by atoms with E-state index < -0.39 is 0 Å². The third kappa shape index (κ3) is 2.82. The third-order valence-corrected chi connectivity index (χ3v) is 2.07. The van der Waals surface area contributed by atoms with E-state index in [0.717, 1.165) is 6.54 Å². The van der Waals surface area contributed by atoms with Gasteiger partial charge in [-0.05, 0) is 19.8 Å². The maximum absolute atomic E-state index is 5.83. The van der Waals surface area contributed by atoms with Crippen molar-refractivity contribution in [2.75, 3.05) is 6.54 Å². The Morgan fingerprint density at radius 1 is 1.78 bits per heavy atom. The molecular formula is C6H13IN2. The van der Waals surface area contributed by atoms with Gasteiger partial charge >= 0.3 is 0 Å². The van der Waals surface area contributed by atoms with E-state index in [4.69, 9.17) is 5.73 Å². The van der Waals surface area contributed by atoms with Crippen molar-refractivity contribution in [1.82, 2.24) is 5.32 Å². The van der Waals surface area contributed by atoms with Crippen molar-refractivity contribution in [2.24, 2.45) is 5.73 Å². The predicted octanol–water partition coefficient (Wildman–Crippen LogP) is 0.848. The Kier molecular flexibility index (Phi) is 2.34. The first-order valence-electron chi connectivity index (χ1n) is 3.29. The Morgan fingerprint density at radius 3 is 2.67 bits per heavy atom. The summed E-state index contributed by atoms with van der Waals surface area (Å²) in [7, 11) is 0. The second-order valence-electron chi connectivity index (χ2n) is 2.86. The van der Waals surface area contributed by atoms with Gasteiger partial charge in [0.2, 0.25) is 0 Å². The molecule has 1 atom stereocenters. The van der Waals surface area contributed by atoms with E-state index in [1.54, 1.807) is 0 Å². The fourth-order valence-corrected chi connectivity index (χ4v) is 0.901. The molecule has 0 aromatic heterocycles. The molecule has 1 fully saturated rings. The molecule has 3 N–H and O–H groups in total. The number of alkyl halides is 1. The molecule has 0 unspecified atom stereocenters. The monoisotopic (exact) mass is 240 g/mol. The van der Waals surface area contributed by atoms with E-state index in [0.29, 0.717) is 4.05 Å². The molecule has 0 spiro atoms. The lowest BCUT2D eigenvalue weighted by molar-refractivity contribution is 0.576. The smallest absolute Gasteiger partial charge is 0.0565 e. The highest BCUT2D eigenvalue weighted by atomic mass is 127. The van der Waals surface area contributed by atoms with E-state index in [9.17, 15) is 0 Å². The highest BCUT2D eigenvalue weighted by Gasteiger charge is 2.37. The van der Waals surface area contributed by atoms with Crippen LogP contribution in [0.3, 0.4) is 0 Å².